The molecule has 0 aromatic heterocycles. The van der Waals surface area contributed by atoms with E-state index in [1.54, 1.807) is 0 Å². The molecule has 3 atom stereocenters. The monoisotopic (exact) mass is 258 g/mol. The highest BCUT2D eigenvalue weighted by atomic mass is 32.2. The predicted octanol–water partition coefficient (Wildman–Crippen LogP) is 1.44. The van der Waals surface area contributed by atoms with Crippen LogP contribution in [0.3, 0.4) is 0 Å². The van der Waals surface area contributed by atoms with Crippen molar-refractivity contribution in [1.82, 2.24) is 10.2 Å². The van der Waals surface area contributed by atoms with Gasteiger partial charge >= 0.3 is 0 Å². The van der Waals surface area contributed by atoms with Crippen LogP contribution < -0.4 is 5.32 Å². The lowest BCUT2D eigenvalue weighted by Crippen LogP contribution is -2.49. The van der Waals surface area contributed by atoms with Gasteiger partial charge in [0.05, 0.1) is 6.61 Å². The van der Waals surface area contributed by atoms with Crippen molar-refractivity contribution in [3.63, 3.8) is 0 Å². The van der Waals surface area contributed by atoms with E-state index in [0.717, 1.165) is 25.0 Å². The molecule has 2 rings (SSSR count). The first-order valence-electron chi connectivity index (χ1n) is 6.94. The van der Waals surface area contributed by atoms with Gasteiger partial charge in [-0.15, -0.1) is 0 Å². The number of ether oxygens (including phenoxy) is 1. The van der Waals surface area contributed by atoms with Crippen LogP contribution in [0.4, 0.5) is 0 Å². The van der Waals surface area contributed by atoms with Gasteiger partial charge in [-0.1, -0.05) is 13.8 Å². The highest BCUT2D eigenvalue weighted by Crippen LogP contribution is 2.21. The molecule has 2 saturated heterocycles. The third-order valence-corrected chi connectivity index (χ3v) is 4.89. The minimum Gasteiger partial charge on any atom is -0.381 e. The van der Waals surface area contributed by atoms with Crippen molar-refractivity contribution < 1.29 is 4.74 Å². The molecule has 3 nitrogen and oxygen atoms in total. The fourth-order valence-corrected chi connectivity index (χ4v) is 3.98. The molecule has 0 aromatic rings. The van der Waals surface area contributed by atoms with Crippen molar-refractivity contribution in [2.24, 2.45) is 5.92 Å². The van der Waals surface area contributed by atoms with Gasteiger partial charge < -0.3 is 15.0 Å². The van der Waals surface area contributed by atoms with Crippen LogP contribution in [0.1, 0.15) is 20.3 Å². The summed E-state index contributed by atoms with van der Waals surface area (Å²) in [4.78, 5) is 2.63. The Kier molecular flexibility index (Phi) is 5.60. The number of hydrogen-bond donors (Lipinski definition) is 1. The maximum absolute atomic E-state index is 5.66. The Bertz CT molecular complexity index is 225. The summed E-state index contributed by atoms with van der Waals surface area (Å²) in [5.74, 6) is 1.97. The van der Waals surface area contributed by atoms with Crippen molar-refractivity contribution >= 4 is 11.8 Å². The van der Waals surface area contributed by atoms with E-state index in [9.17, 15) is 0 Å². The van der Waals surface area contributed by atoms with Crippen LogP contribution in [-0.2, 0) is 4.74 Å². The molecule has 0 aromatic carbocycles. The number of nitrogens with one attached hydrogen (secondary N) is 1. The normalized spacial score (nSPS) is 36.0. The van der Waals surface area contributed by atoms with Gasteiger partial charge in [0.15, 0.2) is 0 Å². The fraction of sp³-hybridized carbons (Fsp3) is 1.00. The summed E-state index contributed by atoms with van der Waals surface area (Å²) in [5.41, 5.74) is 0. The molecule has 0 saturated carbocycles. The molecule has 0 amide bonds. The van der Waals surface area contributed by atoms with Crippen molar-refractivity contribution in [2.45, 2.75) is 31.6 Å². The van der Waals surface area contributed by atoms with Gasteiger partial charge in [0.2, 0.25) is 0 Å². The van der Waals surface area contributed by atoms with Gasteiger partial charge in [-0.05, 0) is 13.0 Å². The molecular formula is C13H26N2OS. The molecule has 0 bridgehead atoms. The molecule has 2 aliphatic heterocycles. The topological polar surface area (TPSA) is 24.5 Å². The summed E-state index contributed by atoms with van der Waals surface area (Å²) in [6.45, 7) is 11.2. The highest BCUT2D eigenvalue weighted by molar-refractivity contribution is 7.99. The second kappa shape index (κ2) is 6.98. The van der Waals surface area contributed by atoms with Gasteiger partial charge in [0.1, 0.15) is 0 Å². The summed E-state index contributed by atoms with van der Waals surface area (Å²) >= 11 is 2.11. The zero-order valence-electron chi connectivity index (χ0n) is 11.2. The number of hydrogen-bond acceptors (Lipinski definition) is 4. The molecule has 17 heavy (non-hydrogen) atoms. The quantitative estimate of drug-likeness (QED) is 0.825. The SMILES string of the molecule is CCNC1CCOCC1CN1CCSC(C)C1. The second-order valence-corrected chi connectivity index (χ2v) is 6.78. The summed E-state index contributed by atoms with van der Waals surface area (Å²) in [6, 6.07) is 0.665. The summed E-state index contributed by atoms with van der Waals surface area (Å²) in [6.07, 6.45) is 1.18. The van der Waals surface area contributed by atoms with Crippen molar-refractivity contribution in [2.75, 3.05) is 45.1 Å². The first-order valence-corrected chi connectivity index (χ1v) is 7.99. The fourth-order valence-electron chi connectivity index (χ4n) is 2.90. The average molecular weight is 258 g/mol. The summed E-state index contributed by atoms with van der Waals surface area (Å²) in [7, 11) is 0. The molecule has 1 N–H and O–H groups in total. The number of nitrogens with zero attached hydrogens (tertiary/aromatic N) is 1. The Hall–Kier alpha value is 0.230. The van der Waals surface area contributed by atoms with Crippen LogP contribution >= 0.6 is 11.8 Å². The first-order chi connectivity index (χ1) is 8.29. The third kappa shape index (κ3) is 4.12. The second-order valence-electron chi connectivity index (χ2n) is 5.23. The molecular weight excluding hydrogens is 232 g/mol. The van der Waals surface area contributed by atoms with Crippen molar-refractivity contribution in [1.29, 1.82) is 0 Å². The largest absolute Gasteiger partial charge is 0.381 e. The van der Waals surface area contributed by atoms with Crippen LogP contribution in [0.2, 0.25) is 0 Å². The molecule has 0 radical (unpaired) electrons. The van der Waals surface area contributed by atoms with Gasteiger partial charge in [-0.25, -0.2) is 0 Å². The predicted molar refractivity (Wildman–Crippen MR) is 74.8 cm³/mol. The molecule has 2 heterocycles. The van der Waals surface area contributed by atoms with Crippen LogP contribution in [0.15, 0.2) is 0 Å². The van der Waals surface area contributed by atoms with E-state index in [2.05, 4.69) is 35.8 Å². The molecule has 3 unspecified atom stereocenters. The minimum atomic E-state index is 0.665. The Morgan fingerprint density at radius 3 is 3.12 bits per heavy atom. The van der Waals surface area contributed by atoms with Crippen molar-refractivity contribution in [3.8, 4) is 0 Å². The lowest BCUT2D eigenvalue weighted by molar-refractivity contribution is 0.0175. The van der Waals surface area contributed by atoms with E-state index in [1.807, 2.05) is 0 Å². The molecule has 0 aliphatic carbocycles. The van der Waals surface area contributed by atoms with Gasteiger partial charge in [0, 0.05) is 49.2 Å². The summed E-state index contributed by atoms with van der Waals surface area (Å²) in [5, 5.41) is 4.42. The van der Waals surface area contributed by atoms with Crippen LogP contribution in [0.5, 0.6) is 0 Å². The van der Waals surface area contributed by atoms with E-state index in [4.69, 9.17) is 4.74 Å². The van der Waals surface area contributed by atoms with Crippen LogP contribution in [-0.4, -0.2) is 61.3 Å². The third-order valence-electron chi connectivity index (χ3n) is 3.76. The van der Waals surface area contributed by atoms with E-state index in [0.29, 0.717) is 12.0 Å². The number of rotatable bonds is 4. The molecule has 2 aliphatic rings. The lowest BCUT2D eigenvalue weighted by Gasteiger charge is -2.38. The van der Waals surface area contributed by atoms with Gasteiger partial charge in [0.25, 0.3) is 0 Å². The zero-order chi connectivity index (χ0) is 12.1. The minimum absolute atomic E-state index is 0.665. The lowest BCUT2D eigenvalue weighted by atomic mass is 9.95. The van der Waals surface area contributed by atoms with Gasteiger partial charge in [-0.3, -0.25) is 0 Å². The Labute approximate surface area is 110 Å². The van der Waals surface area contributed by atoms with E-state index < -0.39 is 0 Å². The molecule has 0 spiro atoms. The first kappa shape index (κ1) is 13.7. The maximum atomic E-state index is 5.66. The van der Waals surface area contributed by atoms with Crippen LogP contribution in [0.25, 0.3) is 0 Å². The maximum Gasteiger partial charge on any atom is 0.0521 e. The summed E-state index contributed by atoms with van der Waals surface area (Å²) < 4.78 is 5.66. The highest BCUT2D eigenvalue weighted by Gasteiger charge is 2.28. The average Bonchev–Trinajstić information content (AvgIpc) is 2.32. The van der Waals surface area contributed by atoms with E-state index in [1.165, 1.54) is 31.8 Å². The van der Waals surface area contributed by atoms with E-state index >= 15 is 0 Å². The van der Waals surface area contributed by atoms with Crippen molar-refractivity contribution in [3.05, 3.63) is 0 Å². The van der Waals surface area contributed by atoms with Crippen LogP contribution in [0, 0.1) is 5.92 Å². The zero-order valence-corrected chi connectivity index (χ0v) is 12.0. The Morgan fingerprint density at radius 1 is 1.47 bits per heavy atom. The standard InChI is InChI=1S/C13H26N2OS/c1-3-14-13-4-6-16-10-12(13)9-15-5-7-17-11(2)8-15/h11-14H,3-10H2,1-2H3. The molecule has 100 valence electrons. The number of thioether (sulfide) groups is 1. The Balaban J connectivity index is 1.82. The molecule has 2 fully saturated rings. The van der Waals surface area contributed by atoms with Gasteiger partial charge in [-0.2, -0.15) is 11.8 Å². The Morgan fingerprint density at radius 2 is 2.35 bits per heavy atom. The molecule has 4 heteroatoms. The van der Waals surface area contributed by atoms with E-state index in [-0.39, 0.29) is 0 Å². The smallest absolute Gasteiger partial charge is 0.0521 e.